The van der Waals surface area contributed by atoms with E-state index in [0.29, 0.717) is 11.4 Å². The van der Waals surface area contributed by atoms with Crippen molar-refractivity contribution in [3.63, 3.8) is 0 Å². The van der Waals surface area contributed by atoms with Crippen molar-refractivity contribution >= 4 is 17.6 Å². The summed E-state index contributed by atoms with van der Waals surface area (Å²) in [6.07, 6.45) is 1.92. The van der Waals surface area contributed by atoms with E-state index in [1.807, 2.05) is 0 Å². The third-order valence-electron chi connectivity index (χ3n) is 3.12. The molecule has 0 radical (unpaired) electrons. The minimum absolute atomic E-state index is 0.0965. The fourth-order valence-corrected chi connectivity index (χ4v) is 1.99. The summed E-state index contributed by atoms with van der Waals surface area (Å²) < 4.78 is 5.04. The van der Waals surface area contributed by atoms with Crippen molar-refractivity contribution in [1.29, 1.82) is 0 Å². The van der Waals surface area contributed by atoms with Gasteiger partial charge in [-0.2, -0.15) is 0 Å². The molecule has 0 atom stereocenters. The second-order valence-electron chi connectivity index (χ2n) is 4.81. The van der Waals surface area contributed by atoms with Gasteiger partial charge in [0.25, 0.3) is 0 Å². The molecule has 0 unspecified atom stereocenters. The number of hydrogen-bond acceptors (Lipinski definition) is 4. The van der Waals surface area contributed by atoms with Crippen LogP contribution in [-0.4, -0.2) is 48.1 Å². The smallest absolute Gasteiger partial charge is 0.317 e. The fourth-order valence-electron chi connectivity index (χ4n) is 1.99. The van der Waals surface area contributed by atoms with Gasteiger partial charge in [-0.1, -0.05) is 0 Å². The maximum Gasteiger partial charge on any atom is 0.317 e. The van der Waals surface area contributed by atoms with E-state index in [9.17, 15) is 9.59 Å². The van der Waals surface area contributed by atoms with Crippen LogP contribution >= 0.6 is 0 Å². The lowest BCUT2D eigenvalue weighted by atomic mass is 10.3. The van der Waals surface area contributed by atoms with Crippen LogP contribution in [0.5, 0.6) is 5.75 Å². The summed E-state index contributed by atoms with van der Waals surface area (Å²) in [5.41, 5.74) is 0.668. The van der Waals surface area contributed by atoms with Crippen LogP contribution in [-0.2, 0) is 9.59 Å². The molecule has 1 aliphatic carbocycles. The van der Waals surface area contributed by atoms with Gasteiger partial charge < -0.3 is 15.2 Å². The first-order chi connectivity index (χ1) is 9.58. The number of carbonyl (C=O) groups is 2. The Morgan fingerprint density at radius 3 is 2.45 bits per heavy atom. The number of methoxy groups -OCH3 is 1. The van der Waals surface area contributed by atoms with Crippen LogP contribution in [0.25, 0.3) is 0 Å². The van der Waals surface area contributed by atoms with E-state index < -0.39 is 5.97 Å². The van der Waals surface area contributed by atoms with Gasteiger partial charge in [0, 0.05) is 11.7 Å². The molecule has 2 rings (SSSR count). The van der Waals surface area contributed by atoms with Gasteiger partial charge in [-0.25, -0.2) is 0 Å². The molecule has 1 aromatic carbocycles. The highest BCUT2D eigenvalue weighted by atomic mass is 16.5. The molecule has 0 aliphatic heterocycles. The van der Waals surface area contributed by atoms with Crippen molar-refractivity contribution in [3.8, 4) is 5.75 Å². The second kappa shape index (κ2) is 6.38. The molecule has 0 aromatic heterocycles. The van der Waals surface area contributed by atoms with E-state index in [-0.39, 0.29) is 25.0 Å². The summed E-state index contributed by atoms with van der Waals surface area (Å²) in [5.74, 6) is -0.397. The van der Waals surface area contributed by atoms with Crippen LogP contribution < -0.4 is 10.1 Å². The maximum atomic E-state index is 11.9. The summed E-state index contributed by atoms with van der Waals surface area (Å²) in [7, 11) is 1.58. The van der Waals surface area contributed by atoms with E-state index in [1.165, 1.54) is 0 Å². The lowest BCUT2D eigenvalue weighted by molar-refractivity contribution is -0.138. The molecule has 20 heavy (non-hydrogen) atoms. The topological polar surface area (TPSA) is 78.9 Å². The first kappa shape index (κ1) is 14.3. The highest BCUT2D eigenvalue weighted by molar-refractivity contribution is 5.92. The maximum absolute atomic E-state index is 11.9. The standard InChI is InChI=1S/C14H18N2O4/c1-20-12-6-2-10(3-7-12)15-13(17)8-16(9-14(18)19)11-4-5-11/h2-3,6-7,11H,4-5,8-9H2,1H3,(H,15,17)(H,18,19). The van der Waals surface area contributed by atoms with Gasteiger partial charge in [-0.05, 0) is 37.1 Å². The Kier molecular flexibility index (Phi) is 4.57. The van der Waals surface area contributed by atoms with Crippen molar-refractivity contribution in [2.24, 2.45) is 0 Å². The SMILES string of the molecule is COc1ccc(NC(=O)CN(CC(=O)O)C2CC2)cc1. The summed E-state index contributed by atoms with van der Waals surface area (Å²) in [6, 6.07) is 7.23. The quantitative estimate of drug-likeness (QED) is 0.783. The number of carboxylic acids is 1. The lowest BCUT2D eigenvalue weighted by Gasteiger charge is -2.18. The van der Waals surface area contributed by atoms with Crippen molar-refractivity contribution in [3.05, 3.63) is 24.3 Å². The van der Waals surface area contributed by atoms with Gasteiger partial charge >= 0.3 is 5.97 Å². The van der Waals surface area contributed by atoms with Crippen LogP contribution in [0.2, 0.25) is 0 Å². The van der Waals surface area contributed by atoms with Gasteiger partial charge in [0.1, 0.15) is 5.75 Å². The third kappa shape index (κ3) is 4.24. The lowest BCUT2D eigenvalue weighted by Crippen LogP contribution is -2.38. The fraction of sp³-hybridized carbons (Fsp3) is 0.429. The summed E-state index contributed by atoms with van der Waals surface area (Å²) in [5, 5.41) is 11.6. The largest absolute Gasteiger partial charge is 0.497 e. The number of hydrogen-bond donors (Lipinski definition) is 2. The highest BCUT2D eigenvalue weighted by Crippen LogP contribution is 2.26. The van der Waals surface area contributed by atoms with Gasteiger partial charge in [0.05, 0.1) is 20.2 Å². The van der Waals surface area contributed by atoms with E-state index in [2.05, 4.69) is 5.32 Å². The number of rotatable bonds is 7. The number of nitrogens with one attached hydrogen (secondary N) is 1. The molecule has 6 heteroatoms. The molecule has 1 fully saturated rings. The average molecular weight is 278 g/mol. The predicted octanol–water partition coefficient (Wildman–Crippen LogP) is 1.18. The first-order valence-electron chi connectivity index (χ1n) is 6.48. The van der Waals surface area contributed by atoms with Gasteiger partial charge in [-0.15, -0.1) is 0 Å². The van der Waals surface area contributed by atoms with Crippen LogP contribution in [0.3, 0.4) is 0 Å². The molecule has 1 aromatic rings. The van der Waals surface area contributed by atoms with Crippen molar-refractivity contribution in [1.82, 2.24) is 4.90 Å². The molecular weight excluding hydrogens is 260 g/mol. The Balaban J connectivity index is 1.88. The molecule has 0 spiro atoms. The first-order valence-corrected chi connectivity index (χ1v) is 6.48. The molecular formula is C14H18N2O4. The molecule has 2 N–H and O–H groups in total. The van der Waals surface area contributed by atoms with E-state index in [1.54, 1.807) is 36.3 Å². The Labute approximate surface area is 117 Å². The number of amides is 1. The minimum atomic E-state index is -0.908. The van der Waals surface area contributed by atoms with Gasteiger partial charge in [0.2, 0.25) is 5.91 Å². The van der Waals surface area contributed by atoms with Crippen LogP contribution in [0.4, 0.5) is 5.69 Å². The van der Waals surface area contributed by atoms with Crippen LogP contribution in [0, 0.1) is 0 Å². The van der Waals surface area contributed by atoms with Crippen molar-refractivity contribution in [2.45, 2.75) is 18.9 Å². The molecule has 1 aliphatic rings. The summed E-state index contributed by atoms with van der Waals surface area (Å²) >= 11 is 0. The third-order valence-corrected chi connectivity index (χ3v) is 3.12. The van der Waals surface area contributed by atoms with E-state index in [0.717, 1.165) is 12.8 Å². The zero-order chi connectivity index (χ0) is 14.5. The zero-order valence-electron chi connectivity index (χ0n) is 11.3. The van der Waals surface area contributed by atoms with Crippen LogP contribution in [0.1, 0.15) is 12.8 Å². The summed E-state index contributed by atoms with van der Waals surface area (Å²) in [6.45, 7) is 0.00367. The number of anilines is 1. The number of benzene rings is 1. The van der Waals surface area contributed by atoms with E-state index in [4.69, 9.17) is 9.84 Å². The number of ether oxygens (including phenoxy) is 1. The molecule has 1 amide bonds. The second-order valence-corrected chi connectivity index (χ2v) is 4.81. The molecule has 6 nitrogen and oxygen atoms in total. The van der Waals surface area contributed by atoms with E-state index >= 15 is 0 Å². The van der Waals surface area contributed by atoms with Gasteiger partial charge in [-0.3, -0.25) is 14.5 Å². The molecule has 108 valence electrons. The zero-order valence-corrected chi connectivity index (χ0v) is 11.3. The normalized spacial score (nSPS) is 14.1. The Morgan fingerprint density at radius 1 is 1.30 bits per heavy atom. The highest BCUT2D eigenvalue weighted by Gasteiger charge is 2.31. The Morgan fingerprint density at radius 2 is 1.95 bits per heavy atom. The van der Waals surface area contributed by atoms with Crippen molar-refractivity contribution in [2.75, 3.05) is 25.5 Å². The minimum Gasteiger partial charge on any atom is -0.497 e. The number of carboxylic acid groups (broad SMARTS) is 1. The Bertz CT molecular complexity index is 482. The molecule has 0 saturated heterocycles. The molecule has 0 bridgehead atoms. The predicted molar refractivity (Wildman–Crippen MR) is 73.9 cm³/mol. The number of carbonyl (C=O) groups excluding carboxylic acids is 1. The number of nitrogens with zero attached hydrogens (tertiary/aromatic N) is 1. The molecule has 1 saturated carbocycles. The number of aliphatic carboxylic acids is 1. The monoisotopic (exact) mass is 278 g/mol. The summed E-state index contributed by atoms with van der Waals surface area (Å²) in [4.78, 5) is 24.4. The van der Waals surface area contributed by atoms with Gasteiger partial charge in [0.15, 0.2) is 0 Å². The Hall–Kier alpha value is -2.08. The molecule has 0 heterocycles. The van der Waals surface area contributed by atoms with Crippen molar-refractivity contribution < 1.29 is 19.4 Å². The average Bonchev–Trinajstić information content (AvgIpc) is 3.22. The van der Waals surface area contributed by atoms with Crippen LogP contribution in [0.15, 0.2) is 24.3 Å².